The van der Waals surface area contributed by atoms with Gasteiger partial charge in [0.1, 0.15) is 6.04 Å². The Bertz CT molecular complexity index is 230. The Morgan fingerprint density at radius 2 is 2.00 bits per heavy atom. The number of aliphatic carboxylic acids is 1. The number of carboxylic acids is 1. The fraction of sp³-hybridized carbons (Fsp3) is 0.818. The van der Waals surface area contributed by atoms with Crippen molar-refractivity contribution in [1.29, 1.82) is 0 Å². The summed E-state index contributed by atoms with van der Waals surface area (Å²) in [4.78, 5) is 22.2. The smallest absolute Gasteiger partial charge is 0.326 e. The van der Waals surface area contributed by atoms with E-state index in [1.165, 1.54) is 0 Å². The maximum atomic E-state index is 11.4. The van der Waals surface area contributed by atoms with E-state index in [2.05, 4.69) is 5.32 Å². The topological polar surface area (TPSA) is 75.6 Å². The van der Waals surface area contributed by atoms with Crippen molar-refractivity contribution < 1.29 is 19.4 Å². The van der Waals surface area contributed by atoms with Crippen LogP contribution in [0.1, 0.15) is 39.5 Å². The summed E-state index contributed by atoms with van der Waals surface area (Å²) < 4.78 is 5.00. The quantitative estimate of drug-likeness (QED) is 0.657. The zero-order chi connectivity index (χ0) is 12.6. The molecule has 5 nitrogen and oxygen atoms in total. The van der Waals surface area contributed by atoms with Gasteiger partial charge in [-0.25, -0.2) is 4.79 Å². The third-order valence-electron chi connectivity index (χ3n) is 2.39. The van der Waals surface area contributed by atoms with E-state index in [0.717, 1.165) is 6.42 Å². The summed E-state index contributed by atoms with van der Waals surface area (Å²) in [5.41, 5.74) is 0. The Hall–Kier alpha value is -1.10. The van der Waals surface area contributed by atoms with E-state index in [4.69, 9.17) is 9.84 Å². The van der Waals surface area contributed by atoms with Gasteiger partial charge >= 0.3 is 5.97 Å². The molecular formula is C11H21NO4. The third kappa shape index (κ3) is 6.40. The van der Waals surface area contributed by atoms with Crippen LogP contribution >= 0.6 is 0 Å². The van der Waals surface area contributed by atoms with Gasteiger partial charge in [0.25, 0.3) is 0 Å². The molecule has 0 bridgehead atoms. The summed E-state index contributed by atoms with van der Waals surface area (Å²) >= 11 is 0. The number of hydrogen-bond donors (Lipinski definition) is 2. The van der Waals surface area contributed by atoms with Gasteiger partial charge in [0.05, 0.1) is 6.10 Å². The second-order valence-electron chi connectivity index (χ2n) is 3.83. The largest absolute Gasteiger partial charge is 0.480 e. The second kappa shape index (κ2) is 8.10. The molecule has 0 spiro atoms. The first-order valence-electron chi connectivity index (χ1n) is 5.56. The van der Waals surface area contributed by atoms with Crippen LogP contribution in [0.5, 0.6) is 0 Å². The summed E-state index contributed by atoms with van der Waals surface area (Å²) in [6, 6.07) is -0.768. The molecule has 0 aliphatic carbocycles. The number of rotatable bonds is 8. The normalized spacial score (nSPS) is 14.2. The molecule has 0 rings (SSSR count). The Morgan fingerprint density at radius 3 is 2.44 bits per heavy atom. The number of methoxy groups -OCH3 is 1. The van der Waals surface area contributed by atoms with Gasteiger partial charge in [-0.3, -0.25) is 4.79 Å². The highest BCUT2D eigenvalue weighted by Gasteiger charge is 2.18. The molecule has 2 atom stereocenters. The van der Waals surface area contributed by atoms with E-state index >= 15 is 0 Å². The molecule has 0 aromatic heterocycles. The van der Waals surface area contributed by atoms with Crippen LogP contribution in [0, 0.1) is 0 Å². The van der Waals surface area contributed by atoms with Gasteiger partial charge in [0, 0.05) is 13.5 Å². The third-order valence-corrected chi connectivity index (χ3v) is 2.39. The van der Waals surface area contributed by atoms with Gasteiger partial charge in [-0.05, 0) is 19.8 Å². The molecule has 5 heteroatoms. The van der Waals surface area contributed by atoms with Crippen LogP contribution < -0.4 is 5.32 Å². The van der Waals surface area contributed by atoms with E-state index in [1.807, 2.05) is 13.8 Å². The minimum atomic E-state index is -0.977. The predicted molar refractivity (Wildman–Crippen MR) is 60.2 cm³/mol. The fourth-order valence-electron chi connectivity index (χ4n) is 1.26. The van der Waals surface area contributed by atoms with Gasteiger partial charge in [-0.1, -0.05) is 13.3 Å². The lowest BCUT2D eigenvalue weighted by molar-refractivity contribution is -0.142. The average molecular weight is 231 g/mol. The van der Waals surface area contributed by atoms with Crippen molar-refractivity contribution in [2.75, 3.05) is 7.11 Å². The molecule has 0 aliphatic heterocycles. The molecule has 0 saturated carbocycles. The number of nitrogens with one attached hydrogen (secondary N) is 1. The summed E-state index contributed by atoms with van der Waals surface area (Å²) in [6.07, 6.45) is 2.09. The van der Waals surface area contributed by atoms with Crippen molar-refractivity contribution in [2.24, 2.45) is 0 Å². The van der Waals surface area contributed by atoms with Crippen LogP contribution in [-0.4, -0.2) is 36.2 Å². The van der Waals surface area contributed by atoms with E-state index in [9.17, 15) is 9.59 Å². The molecule has 1 amide bonds. The first-order valence-corrected chi connectivity index (χ1v) is 5.56. The Kier molecular flexibility index (Phi) is 7.54. The van der Waals surface area contributed by atoms with E-state index in [0.29, 0.717) is 19.3 Å². The number of amides is 1. The second-order valence-corrected chi connectivity index (χ2v) is 3.83. The van der Waals surface area contributed by atoms with Crippen LogP contribution in [-0.2, 0) is 14.3 Å². The van der Waals surface area contributed by atoms with Crippen LogP contribution in [0.15, 0.2) is 0 Å². The lowest BCUT2D eigenvalue weighted by atomic mass is 10.1. The first-order chi connectivity index (χ1) is 7.51. The van der Waals surface area contributed by atoms with Crippen LogP contribution in [0.4, 0.5) is 0 Å². The Balaban J connectivity index is 3.95. The van der Waals surface area contributed by atoms with Crippen LogP contribution in [0.25, 0.3) is 0 Å². The Labute approximate surface area is 96.2 Å². The number of carbonyl (C=O) groups excluding carboxylic acids is 1. The molecule has 0 aliphatic rings. The van der Waals surface area contributed by atoms with Gasteiger partial charge in [-0.15, -0.1) is 0 Å². The molecule has 0 aromatic rings. The van der Waals surface area contributed by atoms with Crippen molar-refractivity contribution in [3.63, 3.8) is 0 Å². The fourth-order valence-corrected chi connectivity index (χ4v) is 1.26. The van der Waals surface area contributed by atoms with Crippen molar-refractivity contribution in [2.45, 2.75) is 51.7 Å². The van der Waals surface area contributed by atoms with E-state index in [1.54, 1.807) is 7.11 Å². The molecular weight excluding hydrogens is 210 g/mol. The van der Waals surface area contributed by atoms with Gasteiger partial charge in [-0.2, -0.15) is 0 Å². The number of hydrogen-bond acceptors (Lipinski definition) is 3. The minimum absolute atomic E-state index is 0.0141. The minimum Gasteiger partial charge on any atom is -0.480 e. The van der Waals surface area contributed by atoms with Crippen LogP contribution in [0.3, 0.4) is 0 Å². The van der Waals surface area contributed by atoms with Gasteiger partial charge in [0.2, 0.25) is 5.91 Å². The molecule has 2 N–H and O–H groups in total. The SMILES string of the molecule is CCCC(NC(=O)CCC(C)OC)C(=O)O. The molecule has 0 aromatic carbocycles. The molecule has 0 fully saturated rings. The number of carbonyl (C=O) groups is 2. The van der Waals surface area contributed by atoms with Crippen molar-refractivity contribution >= 4 is 11.9 Å². The molecule has 0 radical (unpaired) electrons. The first kappa shape index (κ1) is 14.9. The number of carboxylic acid groups (broad SMARTS) is 1. The standard InChI is InChI=1S/C11H21NO4/c1-4-5-9(11(14)15)12-10(13)7-6-8(2)16-3/h8-9H,4-7H2,1-3H3,(H,12,13)(H,14,15). The highest BCUT2D eigenvalue weighted by atomic mass is 16.5. The molecule has 0 heterocycles. The summed E-state index contributed by atoms with van der Waals surface area (Å²) in [5.74, 6) is -1.21. The van der Waals surface area contributed by atoms with Crippen LogP contribution in [0.2, 0.25) is 0 Å². The highest BCUT2D eigenvalue weighted by molar-refractivity contribution is 5.83. The van der Waals surface area contributed by atoms with E-state index in [-0.39, 0.29) is 12.0 Å². The average Bonchev–Trinajstić information content (AvgIpc) is 2.25. The van der Waals surface area contributed by atoms with E-state index < -0.39 is 12.0 Å². The summed E-state index contributed by atoms with van der Waals surface area (Å²) in [7, 11) is 1.58. The molecule has 94 valence electrons. The molecule has 16 heavy (non-hydrogen) atoms. The van der Waals surface area contributed by atoms with Crippen molar-refractivity contribution in [3.05, 3.63) is 0 Å². The van der Waals surface area contributed by atoms with Crippen molar-refractivity contribution in [3.8, 4) is 0 Å². The van der Waals surface area contributed by atoms with Gasteiger partial charge < -0.3 is 15.2 Å². The molecule has 2 unspecified atom stereocenters. The van der Waals surface area contributed by atoms with Crippen molar-refractivity contribution in [1.82, 2.24) is 5.32 Å². The van der Waals surface area contributed by atoms with Gasteiger partial charge in [0.15, 0.2) is 0 Å². The zero-order valence-corrected chi connectivity index (χ0v) is 10.2. The monoisotopic (exact) mass is 231 g/mol. The lowest BCUT2D eigenvalue weighted by Crippen LogP contribution is -2.40. The lowest BCUT2D eigenvalue weighted by Gasteiger charge is -2.14. The Morgan fingerprint density at radius 1 is 1.38 bits per heavy atom. The number of ether oxygens (including phenoxy) is 1. The maximum Gasteiger partial charge on any atom is 0.326 e. The predicted octanol–water partition coefficient (Wildman–Crippen LogP) is 1.17. The summed E-state index contributed by atoms with van der Waals surface area (Å²) in [5, 5.41) is 11.3. The highest BCUT2D eigenvalue weighted by Crippen LogP contribution is 2.02. The zero-order valence-electron chi connectivity index (χ0n) is 10.2. The maximum absolute atomic E-state index is 11.4. The summed E-state index contributed by atoms with van der Waals surface area (Å²) in [6.45, 7) is 3.75. The molecule has 0 saturated heterocycles.